The molecule has 90 valence electrons. The summed E-state index contributed by atoms with van der Waals surface area (Å²) in [6.45, 7) is 0. The molecular weight excluding hydrogens is 218 g/mol. The highest BCUT2D eigenvalue weighted by Gasteiger charge is 2.32. The number of anilines is 1. The van der Waals surface area contributed by atoms with E-state index in [0.29, 0.717) is 0 Å². The Morgan fingerprint density at radius 3 is 2.35 bits per heavy atom. The Morgan fingerprint density at radius 1 is 1.29 bits per heavy atom. The zero-order valence-corrected chi connectivity index (χ0v) is 9.72. The summed E-state index contributed by atoms with van der Waals surface area (Å²) in [6, 6.07) is 7.08. The molecule has 0 radical (unpaired) electrons. The van der Waals surface area contributed by atoms with Crippen molar-refractivity contribution in [3.63, 3.8) is 0 Å². The number of hydrogen-bond donors (Lipinski definition) is 1. The van der Waals surface area contributed by atoms with Crippen molar-refractivity contribution in [2.75, 3.05) is 11.9 Å². The second-order valence-electron chi connectivity index (χ2n) is 4.41. The molecule has 2 rings (SSSR count). The van der Waals surface area contributed by atoms with E-state index in [2.05, 4.69) is 0 Å². The van der Waals surface area contributed by atoms with E-state index in [1.807, 2.05) is 0 Å². The first-order valence-electron chi connectivity index (χ1n) is 5.66. The number of hydrogen-bond acceptors (Lipinski definition) is 2. The van der Waals surface area contributed by atoms with E-state index in [-0.39, 0.29) is 18.2 Å². The molecule has 1 fully saturated rings. The van der Waals surface area contributed by atoms with Gasteiger partial charge in [-0.05, 0) is 30.5 Å². The number of rotatable bonds is 4. The van der Waals surface area contributed by atoms with Crippen molar-refractivity contribution >= 4 is 17.6 Å². The van der Waals surface area contributed by atoms with Crippen LogP contribution in [0.15, 0.2) is 24.3 Å². The van der Waals surface area contributed by atoms with Crippen LogP contribution in [0.3, 0.4) is 0 Å². The molecule has 1 aromatic rings. The zero-order chi connectivity index (χ0) is 12.4. The largest absolute Gasteiger partial charge is 0.481 e. The first-order valence-corrected chi connectivity index (χ1v) is 5.66. The maximum Gasteiger partial charge on any atom is 0.307 e. The highest BCUT2D eigenvalue weighted by molar-refractivity contribution is 5.95. The van der Waals surface area contributed by atoms with E-state index in [9.17, 15) is 9.59 Å². The molecule has 1 aromatic carbocycles. The number of carboxylic acids is 1. The number of nitrogens with zero attached hydrogens (tertiary/aromatic N) is 1. The van der Waals surface area contributed by atoms with Crippen molar-refractivity contribution in [3.8, 4) is 0 Å². The fraction of sp³-hybridized carbons (Fsp3) is 0.385. The molecule has 0 aliphatic heterocycles. The number of aliphatic carboxylic acids is 1. The Bertz CT molecular complexity index is 434. The number of amides is 1. The van der Waals surface area contributed by atoms with E-state index < -0.39 is 5.97 Å². The summed E-state index contributed by atoms with van der Waals surface area (Å²) in [7, 11) is 1.76. The van der Waals surface area contributed by atoms with Gasteiger partial charge in [0, 0.05) is 18.7 Å². The summed E-state index contributed by atoms with van der Waals surface area (Å²) < 4.78 is 0. The molecule has 4 nitrogen and oxygen atoms in total. The molecule has 17 heavy (non-hydrogen) atoms. The molecule has 0 atom stereocenters. The van der Waals surface area contributed by atoms with Gasteiger partial charge in [0.25, 0.3) is 0 Å². The van der Waals surface area contributed by atoms with Gasteiger partial charge >= 0.3 is 5.97 Å². The SMILES string of the molecule is CN(C(=O)C1CC1)c1ccc(CC(=O)O)cc1. The van der Waals surface area contributed by atoms with E-state index >= 15 is 0 Å². The zero-order valence-electron chi connectivity index (χ0n) is 9.72. The number of carboxylic acid groups (broad SMARTS) is 1. The maximum atomic E-state index is 11.8. The maximum absolute atomic E-state index is 11.8. The summed E-state index contributed by atoms with van der Waals surface area (Å²) >= 11 is 0. The van der Waals surface area contributed by atoms with Crippen molar-refractivity contribution in [2.24, 2.45) is 5.92 Å². The van der Waals surface area contributed by atoms with Gasteiger partial charge < -0.3 is 10.0 Å². The molecular formula is C13H15NO3. The van der Waals surface area contributed by atoms with Crippen molar-refractivity contribution in [1.29, 1.82) is 0 Å². The van der Waals surface area contributed by atoms with E-state index in [1.165, 1.54) is 0 Å². The monoisotopic (exact) mass is 233 g/mol. The second-order valence-corrected chi connectivity index (χ2v) is 4.41. The lowest BCUT2D eigenvalue weighted by atomic mass is 10.1. The van der Waals surface area contributed by atoms with Crippen LogP contribution in [0.4, 0.5) is 5.69 Å². The molecule has 0 aromatic heterocycles. The van der Waals surface area contributed by atoms with Crippen LogP contribution in [0.5, 0.6) is 0 Å². The third-order valence-electron chi connectivity index (χ3n) is 2.94. The van der Waals surface area contributed by atoms with Crippen molar-refractivity contribution in [3.05, 3.63) is 29.8 Å². The van der Waals surface area contributed by atoms with Crippen LogP contribution in [-0.4, -0.2) is 24.0 Å². The van der Waals surface area contributed by atoms with Crippen LogP contribution in [0.2, 0.25) is 0 Å². The molecule has 1 aliphatic carbocycles. The Hall–Kier alpha value is -1.84. The third kappa shape index (κ3) is 2.84. The summed E-state index contributed by atoms with van der Waals surface area (Å²) in [5.74, 6) is -0.505. The van der Waals surface area contributed by atoms with Gasteiger partial charge in [-0.25, -0.2) is 0 Å². The molecule has 1 saturated carbocycles. The van der Waals surface area contributed by atoms with Crippen LogP contribution in [0, 0.1) is 5.92 Å². The van der Waals surface area contributed by atoms with Gasteiger partial charge in [0.2, 0.25) is 5.91 Å². The van der Waals surface area contributed by atoms with Gasteiger partial charge in [-0.15, -0.1) is 0 Å². The third-order valence-corrected chi connectivity index (χ3v) is 2.94. The lowest BCUT2D eigenvalue weighted by Gasteiger charge is -2.17. The number of carbonyl (C=O) groups is 2. The Balaban J connectivity index is 2.06. The summed E-state index contributed by atoms with van der Waals surface area (Å²) in [6.07, 6.45) is 1.99. The Kier molecular flexibility index (Phi) is 3.13. The van der Waals surface area contributed by atoms with Gasteiger partial charge in [0.1, 0.15) is 0 Å². The standard InChI is InChI=1S/C13H15NO3/c1-14(13(17)10-4-5-10)11-6-2-9(3-7-11)8-12(15)16/h2-3,6-7,10H,4-5,8H2,1H3,(H,15,16). The van der Waals surface area contributed by atoms with Crippen LogP contribution in [0.25, 0.3) is 0 Å². The highest BCUT2D eigenvalue weighted by atomic mass is 16.4. The van der Waals surface area contributed by atoms with Gasteiger partial charge in [0.05, 0.1) is 6.42 Å². The minimum atomic E-state index is -0.847. The molecule has 0 saturated heterocycles. The van der Waals surface area contributed by atoms with E-state index in [4.69, 9.17) is 5.11 Å². The summed E-state index contributed by atoms with van der Waals surface area (Å²) in [5, 5.41) is 8.65. The summed E-state index contributed by atoms with van der Waals surface area (Å²) in [4.78, 5) is 24.0. The van der Waals surface area contributed by atoms with Gasteiger partial charge in [0.15, 0.2) is 0 Å². The molecule has 0 unspecified atom stereocenters. The Labute approximate surface area is 99.9 Å². The molecule has 0 spiro atoms. The van der Waals surface area contributed by atoms with Crippen LogP contribution >= 0.6 is 0 Å². The number of carbonyl (C=O) groups excluding carboxylic acids is 1. The first-order chi connectivity index (χ1) is 8.08. The average molecular weight is 233 g/mol. The van der Waals surface area contributed by atoms with Crippen LogP contribution in [0.1, 0.15) is 18.4 Å². The average Bonchev–Trinajstić information content (AvgIpc) is 3.11. The van der Waals surface area contributed by atoms with Crippen LogP contribution in [-0.2, 0) is 16.0 Å². The van der Waals surface area contributed by atoms with Gasteiger partial charge in [-0.3, -0.25) is 9.59 Å². The van der Waals surface area contributed by atoms with Crippen molar-refractivity contribution in [1.82, 2.24) is 0 Å². The molecule has 1 aliphatic rings. The molecule has 4 heteroatoms. The van der Waals surface area contributed by atoms with Gasteiger partial charge in [-0.2, -0.15) is 0 Å². The smallest absolute Gasteiger partial charge is 0.307 e. The quantitative estimate of drug-likeness (QED) is 0.860. The molecule has 1 N–H and O–H groups in total. The van der Waals surface area contributed by atoms with Crippen molar-refractivity contribution < 1.29 is 14.7 Å². The minimum Gasteiger partial charge on any atom is -0.481 e. The number of benzene rings is 1. The predicted molar refractivity (Wildman–Crippen MR) is 63.9 cm³/mol. The van der Waals surface area contributed by atoms with Gasteiger partial charge in [-0.1, -0.05) is 12.1 Å². The predicted octanol–water partition coefficient (Wildman–Crippen LogP) is 1.69. The first kappa shape index (κ1) is 11.6. The van der Waals surface area contributed by atoms with E-state index in [0.717, 1.165) is 24.1 Å². The fourth-order valence-electron chi connectivity index (χ4n) is 1.74. The molecule has 0 bridgehead atoms. The van der Waals surface area contributed by atoms with Crippen LogP contribution < -0.4 is 4.90 Å². The normalized spacial score (nSPS) is 14.4. The fourth-order valence-corrected chi connectivity index (χ4v) is 1.74. The molecule has 1 amide bonds. The highest BCUT2D eigenvalue weighted by Crippen LogP contribution is 2.32. The lowest BCUT2D eigenvalue weighted by molar-refractivity contribution is -0.136. The Morgan fingerprint density at radius 2 is 1.88 bits per heavy atom. The topological polar surface area (TPSA) is 57.6 Å². The lowest BCUT2D eigenvalue weighted by Crippen LogP contribution is -2.27. The molecule has 0 heterocycles. The van der Waals surface area contributed by atoms with Crippen molar-refractivity contribution in [2.45, 2.75) is 19.3 Å². The second kappa shape index (κ2) is 4.57. The minimum absolute atomic E-state index is 0.0145. The summed E-state index contributed by atoms with van der Waals surface area (Å²) in [5.41, 5.74) is 1.56. The van der Waals surface area contributed by atoms with E-state index in [1.54, 1.807) is 36.2 Å².